The molecule has 34 heavy (non-hydrogen) atoms. The van der Waals surface area contributed by atoms with Crippen LogP contribution in [-0.2, 0) is 10.1 Å². The van der Waals surface area contributed by atoms with Crippen LogP contribution in [0.2, 0.25) is 0 Å². The maximum absolute atomic E-state index is 10.4. The first-order valence-corrected chi connectivity index (χ1v) is 12.3. The lowest BCUT2D eigenvalue weighted by atomic mass is 9.88. The SMILES string of the molecule is O=S(=O)(O)c1ccccc1.c1ccc(-c2cccc(-c3ccccc3)c2-c2ccccc2)cc1. The molecular formula is C30H24O3S. The normalized spacial score (nSPS) is 10.7. The Kier molecular flexibility index (Phi) is 7.33. The van der Waals surface area contributed by atoms with Crippen LogP contribution in [0, 0.1) is 0 Å². The average Bonchev–Trinajstić information content (AvgIpc) is 2.90. The van der Waals surface area contributed by atoms with Gasteiger partial charge >= 0.3 is 0 Å². The number of hydrogen-bond acceptors (Lipinski definition) is 2. The maximum Gasteiger partial charge on any atom is 0.294 e. The summed E-state index contributed by atoms with van der Waals surface area (Å²) < 4.78 is 29.2. The highest BCUT2D eigenvalue weighted by molar-refractivity contribution is 7.85. The molecule has 0 saturated carbocycles. The van der Waals surface area contributed by atoms with Crippen molar-refractivity contribution in [3.8, 4) is 33.4 Å². The zero-order chi connectivity index (χ0) is 23.8. The monoisotopic (exact) mass is 464 g/mol. The van der Waals surface area contributed by atoms with Gasteiger partial charge in [0, 0.05) is 0 Å². The molecule has 0 aliphatic carbocycles. The molecule has 0 heterocycles. The molecule has 1 N–H and O–H groups in total. The Morgan fingerprint density at radius 2 is 0.765 bits per heavy atom. The summed E-state index contributed by atoms with van der Waals surface area (Å²) in [6.45, 7) is 0. The number of benzene rings is 5. The average molecular weight is 465 g/mol. The van der Waals surface area contributed by atoms with E-state index in [-0.39, 0.29) is 4.90 Å². The lowest BCUT2D eigenvalue weighted by Gasteiger charge is -2.16. The predicted molar refractivity (Wildman–Crippen MR) is 139 cm³/mol. The maximum atomic E-state index is 10.4. The molecule has 0 aliphatic rings. The Labute approximate surface area is 200 Å². The van der Waals surface area contributed by atoms with Crippen molar-refractivity contribution in [1.82, 2.24) is 0 Å². The van der Waals surface area contributed by atoms with Crippen molar-refractivity contribution in [1.29, 1.82) is 0 Å². The number of rotatable bonds is 4. The fraction of sp³-hybridized carbons (Fsp3) is 0. The second-order valence-electron chi connectivity index (χ2n) is 7.61. The fourth-order valence-electron chi connectivity index (χ4n) is 3.78. The third-order valence-corrected chi connectivity index (χ3v) is 6.21. The van der Waals surface area contributed by atoms with E-state index in [0.29, 0.717) is 0 Å². The van der Waals surface area contributed by atoms with Gasteiger partial charge in [-0.05, 0) is 45.5 Å². The van der Waals surface area contributed by atoms with E-state index in [1.807, 2.05) is 0 Å². The van der Waals surface area contributed by atoms with Crippen molar-refractivity contribution < 1.29 is 13.0 Å². The van der Waals surface area contributed by atoms with E-state index >= 15 is 0 Å². The van der Waals surface area contributed by atoms with Crippen molar-refractivity contribution in [3.63, 3.8) is 0 Å². The third kappa shape index (κ3) is 5.67. The molecule has 0 atom stereocenters. The molecule has 168 valence electrons. The summed E-state index contributed by atoms with van der Waals surface area (Å²) in [6.07, 6.45) is 0. The van der Waals surface area contributed by atoms with Crippen molar-refractivity contribution in [2.45, 2.75) is 4.90 Å². The van der Waals surface area contributed by atoms with E-state index in [9.17, 15) is 8.42 Å². The molecule has 0 aromatic heterocycles. The van der Waals surface area contributed by atoms with Gasteiger partial charge < -0.3 is 0 Å². The summed E-state index contributed by atoms with van der Waals surface area (Å²) >= 11 is 0. The first-order chi connectivity index (χ1) is 16.5. The van der Waals surface area contributed by atoms with Gasteiger partial charge in [0.1, 0.15) is 0 Å². The number of hydrogen-bond donors (Lipinski definition) is 1. The van der Waals surface area contributed by atoms with Crippen LogP contribution < -0.4 is 0 Å². The topological polar surface area (TPSA) is 54.4 Å². The Morgan fingerprint density at radius 3 is 1.12 bits per heavy atom. The van der Waals surface area contributed by atoms with Crippen LogP contribution >= 0.6 is 0 Å². The highest BCUT2D eigenvalue weighted by Crippen LogP contribution is 2.39. The molecular weight excluding hydrogens is 440 g/mol. The van der Waals surface area contributed by atoms with Gasteiger partial charge in [0.25, 0.3) is 10.1 Å². The highest BCUT2D eigenvalue weighted by atomic mass is 32.2. The summed E-state index contributed by atoms with van der Waals surface area (Å²) in [6, 6.07) is 45.9. The molecule has 0 unspecified atom stereocenters. The smallest absolute Gasteiger partial charge is 0.282 e. The summed E-state index contributed by atoms with van der Waals surface area (Å²) in [5.74, 6) is 0. The fourth-order valence-corrected chi connectivity index (χ4v) is 4.28. The first-order valence-electron chi connectivity index (χ1n) is 10.9. The van der Waals surface area contributed by atoms with E-state index < -0.39 is 10.1 Å². The quantitative estimate of drug-likeness (QED) is 0.278. The molecule has 4 heteroatoms. The minimum absolute atomic E-state index is 0.0741. The van der Waals surface area contributed by atoms with Gasteiger partial charge in [-0.3, -0.25) is 4.55 Å². The molecule has 5 rings (SSSR count). The van der Waals surface area contributed by atoms with Crippen LogP contribution in [0.15, 0.2) is 144 Å². The Morgan fingerprint density at radius 1 is 0.412 bits per heavy atom. The molecule has 5 aromatic rings. The summed E-state index contributed by atoms with van der Waals surface area (Å²) in [5.41, 5.74) is 7.56. The van der Waals surface area contributed by atoms with E-state index in [4.69, 9.17) is 4.55 Å². The molecule has 0 radical (unpaired) electrons. The van der Waals surface area contributed by atoms with Crippen molar-refractivity contribution in [3.05, 3.63) is 140 Å². The Hall–Kier alpha value is -3.99. The summed E-state index contributed by atoms with van der Waals surface area (Å²) in [4.78, 5) is -0.0741. The highest BCUT2D eigenvalue weighted by Gasteiger charge is 2.13. The first kappa shape index (κ1) is 23.2. The van der Waals surface area contributed by atoms with Gasteiger partial charge in [-0.25, -0.2) is 0 Å². The Bertz CT molecular complexity index is 1380. The van der Waals surface area contributed by atoms with E-state index in [1.54, 1.807) is 18.2 Å². The van der Waals surface area contributed by atoms with Crippen molar-refractivity contribution in [2.24, 2.45) is 0 Å². The molecule has 0 amide bonds. The van der Waals surface area contributed by atoms with E-state index in [2.05, 4.69) is 109 Å². The van der Waals surface area contributed by atoms with E-state index in [0.717, 1.165) is 0 Å². The molecule has 0 saturated heterocycles. The molecule has 5 aromatic carbocycles. The predicted octanol–water partition coefficient (Wildman–Crippen LogP) is 7.62. The second-order valence-corrected chi connectivity index (χ2v) is 9.04. The van der Waals surface area contributed by atoms with Crippen LogP contribution in [0.5, 0.6) is 0 Å². The van der Waals surface area contributed by atoms with Gasteiger partial charge in [-0.1, -0.05) is 127 Å². The van der Waals surface area contributed by atoms with Gasteiger partial charge in [0.15, 0.2) is 0 Å². The standard InChI is InChI=1S/C24H18.C6H6O3S/c1-4-11-19(12-5-1)22-17-10-18-23(20-13-6-2-7-14-20)24(22)21-15-8-3-9-16-21;7-10(8,9)6-4-2-1-3-5-6/h1-18H;1-5H,(H,7,8,9). The molecule has 3 nitrogen and oxygen atoms in total. The van der Waals surface area contributed by atoms with Crippen molar-refractivity contribution in [2.75, 3.05) is 0 Å². The van der Waals surface area contributed by atoms with Crippen LogP contribution in [0.25, 0.3) is 33.4 Å². The second kappa shape index (κ2) is 10.8. The lowest BCUT2D eigenvalue weighted by Crippen LogP contribution is -1.96. The lowest BCUT2D eigenvalue weighted by molar-refractivity contribution is 0.483. The van der Waals surface area contributed by atoms with Gasteiger partial charge in [0.2, 0.25) is 0 Å². The van der Waals surface area contributed by atoms with Crippen LogP contribution in [0.3, 0.4) is 0 Å². The van der Waals surface area contributed by atoms with Crippen LogP contribution in [0.1, 0.15) is 0 Å². The van der Waals surface area contributed by atoms with Gasteiger partial charge in [0.05, 0.1) is 4.90 Å². The Balaban J connectivity index is 0.000000231. The van der Waals surface area contributed by atoms with Gasteiger partial charge in [-0.15, -0.1) is 0 Å². The molecule has 0 bridgehead atoms. The van der Waals surface area contributed by atoms with Gasteiger partial charge in [-0.2, -0.15) is 8.42 Å². The largest absolute Gasteiger partial charge is 0.294 e. The minimum atomic E-state index is -4.00. The zero-order valence-electron chi connectivity index (χ0n) is 18.5. The van der Waals surface area contributed by atoms with Crippen molar-refractivity contribution >= 4 is 10.1 Å². The van der Waals surface area contributed by atoms with Crippen LogP contribution in [0.4, 0.5) is 0 Å². The third-order valence-electron chi connectivity index (χ3n) is 5.34. The van der Waals surface area contributed by atoms with E-state index in [1.165, 1.54) is 45.5 Å². The zero-order valence-corrected chi connectivity index (χ0v) is 19.3. The summed E-state index contributed by atoms with van der Waals surface area (Å²) in [5, 5.41) is 0. The summed E-state index contributed by atoms with van der Waals surface area (Å²) in [7, 11) is -4.00. The minimum Gasteiger partial charge on any atom is -0.282 e. The van der Waals surface area contributed by atoms with Crippen LogP contribution in [-0.4, -0.2) is 13.0 Å². The molecule has 0 spiro atoms. The molecule has 0 aliphatic heterocycles. The molecule has 0 fully saturated rings.